The molecule has 0 aliphatic carbocycles. The van der Waals surface area contributed by atoms with E-state index in [1.807, 2.05) is 54.4 Å². The SMILES string of the molecule is CC1=CN2CCS(=O)(=O)N=C2C(N2CC(Oc3ccccc3)C2)=C1. The highest BCUT2D eigenvalue weighted by atomic mass is 32.2. The van der Waals surface area contributed by atoms with Crippen LogP contribution in [0.15, 0.2) is 58.3 Å². The third kappa shape index (κ3) is 2.91. The molecule has 1 aromatic carbocycles. The molecule has 0 radical (unpaired) electrons. The molecule has 0 bridgehead atoms. The second-order valence-electron chi connectivity index (χ2n) is 6.25. The van der Waals surface area contributed by atoms with Crippen molar-refractivity contribution in [3.05, 3.63) is 53.9 Å². The van der Waals surface area contributed by atoms with E-state index in [1.165, 1.54) is 0 Å². The van der Waals surface area contributed by atoms with Crippen molar-refractivity contribution >= 4 is 15.9 Å². The van der Waals surface area contributed by atoms with Gasteiger partial charge in [0.1, 0.15) is 11.9 Å². The minimum atomic E-state index is -3.36. The monoisotopic (exact) mass is 345 g/mol. The first-order chi connectivity index (χ1) is 11.5. The molecule has 0 unspecified atom stereocenters. The van der Waals surface area contributed by atoms with Crippen LogP contribution in [-0.2, 0) is 10.0 Å². The van der Waals surface area contributed by atoms with Crippen molar-refractivity contribution in [2.24, 2.45) is 4.40 Å². The zero-order valence-electron chi connectivity index (χ0n) is 13.4. The molecule has 0 saturated carbocycles. The molecule has 126 valence electrons. The summed E-state index contributed by atoms with van der Waals surface area (Å²) >= 11 is 0. The van der Waals surface area contributed by atoms with Crippen molar-refractivity contribution in [3.63, 3.8) is 0 Å². The Labute approximate surface area is 141 Å². The van der Waals surface area contributed by atoms with Crippen LogP contribution in [0.3, 0.4) is 0 Å². The van der Waals surface area contributed by atoms with E-state index in [0.29, 0.717) is 12.4 Å². The van der Waals surface area contributed by atoms with Crippen molar-refractivity contribution in [2.75, 3.05) is 25.4 Å². The third-order valence-electron chi connectivity index (χ3n) is 4.28. The fourth-order valence-electron chi connectivity index (χ4n) is 3.07. The molecule has 1 fully saturated rings. The predicted octanol–water partition coefficient (Wildman–Crippen LogP) is 1.59. The number of fused-ring (bicyclic) bond motifs is 1. The summed E-state index contributed by atoms with van der Waals surface area (Å²) < 4.78 is 33.6. The fourth-order valence-corrected chi connectivity index (χ4v) is 4.05. The van der Waals surface area contributed by atoms with Crippen molar-refractivity contribution in [1.29, 1.82) is 0 Å². The van der Waals surface area contributed by atoms with Crippen LogP contribution in [0.4, 0.5) is 0 Å². The lowest BCUT2D eigenvalue weighted by Gasteiger charge is -2.44. The Hall–Kier alpha value is -2.28. The first-order valence-electron chi connectivity index (χ1n) is 7.97. The number of amidine groups is 1. The molecule has 0 N–H and O–H groups in total. The van der Waals surface area contributed by atoms with Gasteiger partial charge in [-0.3, -0.25) is 0 Å². The molecule has 7 heteroatoms. The van der Waals surface area contributed by atoms with E-state index >= 15 is 0 Å². The van der Waals surface area contributed by atoms with Crippen LogP contribution in [-0.4, -0.2) is 55.5 Å². The van der Waals surface area contributed by atoms with E-state index < -0.39 is 10.0 Å². The van der Waals surface area contributed by atoms with Crippen LogP contribution in [0.25, 0.3) is 0 Å². The highest BCUT2D eigenvalue weighted by Crippen LogP contribution is 2.28. The maximum atomic E-state index is 11.9. The Morgan fingerprint density at radius 3 is 2.71 bits per heavy atom. The largest absolute Gasteiger partial charge is 0.487 e. The molecule has 24 heavy (non-hydrogen) atoms. The molecule has 3 aliphatic rings. The van der Waals surface area contributed by atoms with E-state index in [0.717, 1.165) is 30.1 Å². The Balaban J connectivity index is 1.50. The summed E-state index contributed by atoms with van der Waals surface area (Å²) in [5.41, 5.74) is 1.96. The number of hydrogen-bond acceptors (Lipinski definition) is 5. The van der Waals surface area contributed by atoms with Gasteiger partial charge in [0, 0.05) is 12.7 Å². The molecule has 3 aliphatic heterocycles. The summed E-state index contributed by atoms with van der Waals surface area (Å²) in [5, 5.41) is 0. The third-order valence-corrected chi connectivity index (χ3v) is 5.42. The summed E-state index contributed by atoms with van der Waals surface area (Å²) in [5.74, 6) is 1.45. The first-order valence-corrected chi connectivity index (χ1v) is 9.57. The van der Waals surface area contributed by atoms with E-state index in [4.69, 9.17) is 4.74 Å². The molecule has 3 heterocycles. The topological polar surface area (TPSA) is 62.2 Å². The number of nitrogens with zero attached hydrogens (tertiary/aromatic N) is 3. The summed E-state index contributed by atoms with van der Waals surface area (Å²) in [7, 11) is -3.36. The van der Waals surface area contributed by atoms with Gasteiger partial charge in [0.2, 0.25) is 0 Å². The Morgan fingerprint density at radius 2 is 1.96 bits per heavy atom. The molecule has 1 aromatic rings. The van der Waals surface area contributed by atoms with Crippen LogP contribution in [0.2, 0.25) is 0 Å². The number of rotatable bonds is 3. The van der Waals surface area contributed by atoms with E-state index in [-0.39, 0.29) is 11.9 Å². The average Bonchev–Trinajstić information content (AvgIpc) is 2.51. The van der Waals surface area contributed by atoms with Gasteiger partial charge in [0.05, 0.1) is 24.5 Å². The molecule has 0 atom stereocenters. The lowest BCUT2D eigenvalue weighted by atomic mass is 10.1. The molecule has 0 amide bonds. The van der Waals surface area contributed by atoms with Gasteiger partial charge in [-0.25, -0.2) is 8.42 Å². The highest BCUT2D eigenvalue weighted by Gasteiger charge is 2.36. The van der Waals surface area contributed by atoms with Crippen molar-refractivity contribution in [2.45, 2.75) is 13.0 Å². The highest BCUT2D eigenvalue weighted by molar-refractivity contribution is 7.90. The van der Waals surface area contributed by atoms with Crippen LogP contribution in [0.1, 0.15) is 6.92 Å². The summed E-state index contributed by atoms with van der Waals surface area (Å²) in [4.78, 5) is 4.05. The second-order valence-corrected chi connectivity index (χ2v) is 8.01. The van der Waals surface area contributed by atoms with Gasteiger partial charge in [-0.15, -0.1) is 4.40 Å². The summed E-state index contributed by atoms with van der Waals surface area (Å²) in [6.45, 7) is 3.91. The maximum Gasteiger partial charge on any atom is 0.256 e. The number of para-hydroxylation sites is 1. The van der Waals surface area contributed by atoms with Gasteiger partial charge >= 0.3 is 0 Å². The number of sulfonamides is 1. The number of likely N-dealkylation sites (tertiary alicyclic amines) is 1. The van der Waals surface area contributed by atoms with Crippen LogP contribution < -0.4 is 4.74 Å². The van der Waals surface area contributed by atoms with Gasteiger partial charge in [-0.05, 0) is 30.7 Å². The van der Waals surface area contributed by atoms with Crippen molar-refractivity contribution in [1.82, 2.24) is 9.80 Å². The van der Waals surface area contributed by atoms with Crippen LogP contribution in [0, 0.1) is 0 Å². The first kappa shape index (κ1) is 15.3. The minimum Gasteiger partial charge on any atom is -0.487 e. The Bertz CT molecular complexity index is 837. The molecule has 0 spiro atoms. The van der Waals surface area contributed by atoms with Crippen molar-refractivity contribution < 1.29 is 13.2 Å². The number of benzene rings is 1. The zero-order chi connectivity index (χ0) is 16.7. The molecular weight excluding hydrogens is 326 g/mol. The maximum absolute atomic E-state index is 11.9. The lowest BCUT2D eigenvalue weighted by Crippen LogP contribution is -2.56. The van der Waals surface area contributed by atoms with E-state index in [9.17, 15) is 8.42 Å². The number of allylic oxidation sites excluding steroid dienone is 2. The average molecular weight is 345 g/mol. The predicted molar refractivity (Wildman–Crippen MR) is 92.2 cm³/mol. The lowest BCUT2D eigenvalue weighted by molar-refractivity contribution is 0.0476. The van der Waals surface area contributed by atoms with Gasteiger partial charge in [-0.2, -0.15) is 0 Å². The van der Waals surface area contributed by atoms with E-state index in [2.05, 4.69) is 9.30 Å². The minimum absolute atomic E-state index is 0.0628. The van der Waals surface area contributed by atoms with Crippen LogP contribution >= 0.6 is 0 Å². The Morgan fingerprint density at radius 1 is 1.21 bits per heavy atom. The molecular formula is C17H19N3O3S. The van der Waals surface area contributed by atoms with Gasteiger partial charge in [0.15, 0.2) is 5.84 Å². The van der Waals surface area contributed by atoms with Gasteiger partial charge in [-0.1, -0.05) is 18.2 Å². The quantitative estimate of drug-likeness (QED) is 0.833. The number of hydrogen-bond donors (Lipinski definition) is 0. The fraction of sp³-hybridized carbons (Fsp3) is 0.353. The smallest absolute Gasteiger partial charge is 0.256 e. The molecule has 1 saturated heterocycles. The second kappa shape index (κ2) is 5.66. The summed E-state index contributed by atoms with van der Waals surface area (Å²) in [6.07, 6.45) is 4.05. The van der Waals surface area contributed by atoms with E-state index in [1.54, 1.807) is 0 Å². The standard InChI is InChI=1S/C17H19N3O3S/c1-13-9-16(17-18-24(21,22)8-7-19(17)10-13)20-11-15(12-20)23-14-5-3-2-4-6-14/h2-6,9-10,15H,7-8,11-12H2,1H3. The zero-order valence-corrected chi connectivity index (χ0v) is 14.2. The molecule has 0 aromatic heterocycles. The molecule has 6 nitrogen and oxygen atoms in total. The van der Waals surface area contributed by atoms with Crippen LogP contribution in [0.5, 0.6) is 5.75 Å². The Kier molecular flexibility index (Phi) is 3.60. The van der Waals surface area contributed by atoms with Gasteiger partial charge < -0.3 is 14.5 Å². The van der Waals surface area contributed by atoms with Crippen molar-refractivity contribution in [3.8, 4) is 5.75 Å². The molecule has 4 rings (SSSR count). The summed E-state index contributed by atoms with van der Waals surface area (Å²) in [6, 6.07) is 9.73. The van der Waals surface area contributed by atoms with Gasteiger partial charge in [0.25, 0.3) is 10.0 Å². The normalized spacial score (nSPS) is 22.8. The number of ether oxygens (including phenoxy) is 1.